The molecule has 0 atom stereocenters. The summed E-state index contributed by atoms with van der Waals surface area (Å²) in [4.78, 5) is 11.8. The molecule has 2 rings (SSSR count). The molecule has 2 aromatic rings. The lowest BCUT2D eigenvalue weighted by Crippen LogP contribution is -2.24. The van der Waals surface area contributed by atoms with Crippen molar-refractivity contribution in [3.05, 3.63) is 59.4 Å². The summed E-state index contributed by atoms with van der Waals surface area (Å²) in [5.41, 5.74) is -0.307. The van der Waals surface area contributed by atoms with E-state index in [1.54, 1.807) is 0 Å². The third-order valence-electron chi connectivity index (χ3n) is 3.13. The Hall–Kier alpha value is -2.59. The summed E-state index contributed by atoms with van der Waals surface area (Å²) < 4.78 is 65.3. The van der Waals surface area contributed by atoms with Gasteiger partial charge in [-0.25, -0.2) is 17.9 Å². The van der Waals surface area contributed by atoms with Gasteiger partial charge in [-0.3, -0.25) is 4.79 Å². The molecule has 0 aliphatic heterocycles. The number of halogens is 3. The van der Waals surface area contributed by atoms with Crippen molar-refractivity contribution in [3.63, 3.8) is 0 Å². The van der Waals surface area contributed by atoms with E-state index in [1.165, 1.54) is 24.3 Å². The van der Waals surface area contributed by atoms with Crippen LogP contribution >= 0.6 is 0 Å². The highest BCUT2D eigenvalue weighted by atomic mass is 32.2. The highest BCUT2D eigenvalue weighted by Crippen LogP contribution is 2.20. The Morgan fingerprint density at radius 1 is 1.20 bits per heavy atom. The minimum absolute atomic E-state index is 0.132. The Bertz CT molecular complexity index is 888. The fraction of sp³-hybridized carbons (Fsp3) is 0.133. The van der Waals surface area contributed by atoms with Gasteiger partial charge in [0.2, 0.25) is 10.0 Å². The van der Waals surface area contributed by atoms with E-state index in [0.29, 0.717) is 0 Å². The second-order valence-electron chi connectivity index (χ2n) is 4.86. The van der Waals surface area contributed by atoms with E-state index in [-0.39, 0.29) is 28.3 Å². The van der Waals surface area contributed by atoms with Crippen LogP contribution in [0.1, 0.15) is 15.9 Å². The number of amides is 1. The molecule has 6 nitrogen and oxygen atoms in total. The standard InChI is InChI=1S/C15H13F3N2O4S/c16-12-6-5-10(25(19,22)23)7-9(12)8-20-14(21)11-3-1-2-4-13(11)24-15(17)18/h1-7,15H,8H2,(H,20,21)(H2,19,22,23). The molecule has 134 valence electrons. The molecule has 0 unspecified atom stereocenters. The molecular formula is C15H13F3N2O4S. The van der Waals surface area contributed by atoms with Crippen LogP contribution in [0.4, 0.5) is 13.2 Å². The number of carbonyl (C=O) groups excluding carboxylic acids is 1. The van der Waals surface area contributed by atoms with Gasteiger partial charge >= 0.3 is 6.61 Å². The van der Waals surface area contributed by atoms with Crippen LogP contribution in [0.5, 0.6) is 5.75 Å². The lowest BCUT2D eigenvalue weighted by atomic mass is 10.1. The number of para-hydroxylation sites is 1. The summed E-state index contributed by atoms with van der Waals surface area (Å²) in [6.07, 6.45) is 0. The first-order valence-corrected chi connectivity index (χ1v) is 8.36. The van der Waals surface area contributed by atoms with Crippen LogP contribution < -0.4 is 15.2 Å². The van der Waals surface area contributed by atoms with E-state index >= 15 is 0 Å². The van der Waals surface area contributed by atoms with Gasteiger partial charge < -0.3 is 10.1 Å². The fourth-order valence-electron chi connectivity index (χ4n) is 1.99. The molecule has 3 N–H and O–H groups in total. The number of ether oxygens (including phenoxy) is 1. The van der Waals surface area contributed by atoms with Crippen molar-refractivity contribution in [2.24, 2.45) is 5.14 Å². The largest absolute Gasteiger partial charge is 0.434 e. The number of sulfonamides is 1. The summed E-state index contributed by atoms with van der Waals surface area (Å²) in [6.45, 7) is -3.49. The molecule has 1 amide bonds. The van der Waals surface area contributed by atoms with E-state index in [2.05, 4.69) is 10.1 Å². The van der Waals surface area contributed by atoms with E-state index in [9.17, 15) is 26.4 Å². The first-order valence-electron chi connectivity index (χ1n) is 6.82. The maximum atomic E-state index is 13.8. The number of carbonyl (C=O) groups is 1. The quantitative estimate of drug-likeness (QED) is 0.808. The maximum Gasteiger partial charge on any atom is 0.387 e. The van der Waals surface area contributed by atoms with Crippen LogP contribution in [-0.2, 0) is 16.6 Å². The Labute approximate surface area is 141 Å². The normalized spacial score (nSPS) is 11.4. The summed E-state index contributed by atoms with van der Waals surface area (Å²) in [5.74, 6) is -1.89. The number of nitrogens with one attached hydrogen (secondary N) is 1. The minimum Gasteiger partial charge on any atom is -0.434 e. The van der Waals surface area contributed by atoms with Crippen LogP contribution in [0, 0.1) is 5.82 Å². The molecule has 0 aliphatic carbocycles. The number of primary sulfonamides is 1. The third-order valence-corrected chi connectivity index (χ3v) is 4.04. The molecule has 0 radical (unpaired) electrons. The van der Waals surface area contributed by atoms with E-state index < -0.39 is 28.4 Å². The molecule has 0 bridgehead atoms. The Kier molecular flexibility index (Phi) is 5.65. The smallest absolute Gasteiger partial charge is 0.387 e. The number of rotatable bonds is 6. The molecule has 0 saturated heterocycles. The Morgan fingerprint density at radius 3 is 2.52 bits per heavy atom. The van der Waals surface area contributed by atoms with Gasteiger partial charge in [0.1, 0.15) is 11.6 Å². The first kappa shape index (κ1) is 18.7. The van der Waals surface area contributed by atoms with Crippen molar-refractivity contribution in [2.75, 3.05) is 0 Å². The SMILES string of the molecule is NS(=O)(=O)c1ccc(F)c(CNC(=O)c2ccccc2OC(F)F)c1. The molecule has 0 saturated carbocycles. The molecule has 0 spiro atoms. The molecule has 0 aliphatic rings. The molecular weight excluding hydrogens is 361 g/mol. The van der Waals surface area contributed by atoms with E-state index in [1.807, 2.05) is 0 Å². The first-order chi connectivity index (χ1) is 11.7. The molecule has 2 aromatic carbocycles. The molecule has 0 heterocycles. The van der Waals surface area contributed by atoms with Gasteiger partial charge in [-0.2, -0.15) is 8.78 Å². The van der Waals surface area contributed by atoms with Gasteiger partial charge in [0, 0.05) is 12.1 Å². The van der Waals surface area contributed by atoms with Gasteiger partial charge in [0.15, 0.2) is 0 Å². The summed E-state index contributed by atoms with van der Waals surface area (Å²) in [7, 11) is -4.04. The fourth-order valence-corrected chi connectivity index (χ4v) is 2.55. The Balaban J connectivity index is 2.18. The van der Waals surface area contributed by atoms with Crippen molar-refractivity contribution < 1.29 is 31.1 Å². The number of benzene rings is 2. The second kappa shape index (κ2) is 7.53. The van der Waals surface area contributed by atoms with Crippen LogP contribution in [0.3, 0.4) is 0 Å². The highest BCUT2D eigenvalue weighted by Gasteiger charge is 2.16. The zero-order valence-electron chi connectivity index (χ0n) is 12.6. The summed E-state index contributed by atoms with van der Waals surface area (Å²) >= 11 is 0. The van der Waals surface area contributed by atoms with Crippen LogP contribution in [0.15, 0.2) is 47.4 Å². The lowest BCUT2D eigenvalue weighted by molar-refractivity contribution is -0.0501. The Morgan fingerprint density at radius 2 is 1.88 bits per heavy atom. The number of hydrogen-bond donors (Lipinski definition) is 2. The predicted molar refractivity (Wildman–Crippen MR) is 82.0 cm³/mol. The number of nitrogens with two attached hydrogens (primary N) is 1. The van der Waals surface area contributed by atoms with Crippen molar-refractivity contribution in [3.8, 4) is 5.75 Å². The summed E-state index contributed by atoms with van der Waals surface area (Å²) in [6, 6.07) is 8.15. The zero-order valence-corrected chi connectivity index (χ0v) is 13.4. The minimum atomic E-state index is -4.04. The highest BCUT2D eigenvalue weighted by molar-refractivity contribution is 7.89. The molecule has 25 heavy (non-hydrogen) atoms. The van der Waals surface area contributed by atoms with Crippen molar-refractivity contribution in [1.82, 2.24) is 5.32 Å². The molecule has 10 heteroatoms. The van der Waals surface area contributed by atoms with Crippen molar-refractivity contribution >= 4 is 15.9 Å². The maximum absolute atomic E-state index is 13.8. The third kappa shape index (κ3) is 4.94. The van der Waals surface area contributed by atoms with Gasteiger partial charge in [0.25, 0.3) is 5.91 Å². The predicted octanol–water partition coefficient (Wildman–Crippen LogP) is 2.00. The average molecular weight is 374 g/mol. The average Bonchev–Trinajstić information content (AvgIpc) is 2.52. The zero-order chi connectivity index (χ0) is 18.6. The topological polar surface area (TPSA) is 98.5 Å². The van der Waals surface area contributed by atoms with Gasteiger partial charge in [0.05, 0.1) is 10.5 Å². The van der Waals surface area contributed by atoms with Crippen molar-refractivity contribution in [1.29, 1.82) is 0 Å². The summed E-state index contributed by atoms with van der Waals surface area (Å²) in [5, 5.41) is 7.27. The second-order valence-corrected chi connectivity index (χ2v) is 6.42. The number of hydrogen-bond acceptors (Lipinski definition) is 4. The van der Waals surface area contributed by atoms with Gasteiger partial charge in [-0.1, -0.05) is 12.1 Å². The van der Waals surface area contributed by atoms with Crippen LogP contribution in [0.25, 0.3) is 0 Å². The monoisotopic (exact) mass is 374 g/mol. The van der Waals surface area contributed by atoms with Crippen molar-refractivity contribution in [2.45, 2.75) is 18.1 Å². The number of alkyl halides is 2. The lowest BCUT2D eigenvalue weighted by Gasteiger charge is -2.11. The van der Waals surface area contributed by atoms with E-state index in [0.717, 1.165) is 18.2 Å². The molecule has 0 aromatic heterocycles. The van der Waals surface area contributed by atoms with Crippen LogP contribution in [0.2, 0.25) is 0 Å². The van der Waals surface area contributed by atoms with E-state index in [4.69, 9.17) is 5.14 Å². The van der Waals surface area contributed by atoms with Gasteiger partial charge in [-0.05, 0) is 30.3 Å². The van der Waals surface area contributed by atoms with Gasteiger partial charge in [-0.15, -0.1) is 0 Å². The van der Waals surface area contributed by atoms with Crippen LogP contribution in [-0.4, -0.2) is 20.9 Å². The molecule has 0 fully saturated rings.